The summed E-state index contributed by atoms with van der Waals surface area (Å²) in [5.74, 6) is -0.281. The maximum absolute atomic E-state index is 13.0. The van der Waals surface area contributed by atoms with Gasteiger partial charge in [-0.1, -0.05) is 43.7 Å². The maximum atomic E-state index is 13.0. The summed E-state index contributed by atoms with van der Waals surface area (Å²) in [6.45, 7) is 11.1. The van der Waals surface area contributed by atoms with Crippen LogP contribution in [0.1, 0.15) is 31.4 Å². The number of carbonyl (C=O) groups excluding carboxylic acids is 2. The smallest absolute Gasteiger partial charge is 0.277 e. The summed E-state index contributed by atoms with van der Waals surface area (Å²) in [5.41, 5.74) is 3.15. The summed E-state index contributed by atoms with van der Waals surface area (Å²) in [7, 11) is 0. The van der Waals surface area contributed by atoms with Gasteiger partial charge in [-0.2, -0.15) is 0 Å². The monoisotopic (exact) mass is 341 g/mol. The zero-order valence-electron chi connectivity index (χ0n) is 15.4. The van der Waals surface area contributed by atoms with E-state index in [4.69, 9.17) is 0 Å². The second-order valence-corrected chi connectivity index (χ2v) is 6.77. The SMILES string of the molecule is CCCN1C(=O)C(c2ccc(C)cc2)=C(N2CCN(CC)CC2)C1=O. The predicted octanol–water partition coefficient (Wildman–Crippen LogP) is 2.12. The molecule has 2 amide bonds. The molecule has 2 aliphatic heterocycles. The third-order valence-corrected chi connectivity index (χ3v) is 5.07. The minimum Gasteiger partial charge on any atom is -0.364 e. The third-order valence-electron chi connectivity index (χ3n) is 5.07. The fourth-order valence-corrected chi connectivity index (χ4v) is 3.55. The fourth-order valence-electron chi connectivity index (χ4n) is 3.55. The lowest BCUT2D eigenvalue weighted by atomic mass is 10.0. The number of benzene rings is 1. The molecular weight excluding hydrogens is 314 g/mol. The number of imide groups is 1. The molecule has 1 fully saturated rings. The zero-order chi connectivity index (χ0) is 18.0. The van der Waals surface area contributed by atoms with Crippen LogP contribution in [0, 0.1) is 6.92 Å². The van der Waals surface area contributed by atoms with Crippen LogP contribution in [0.2, 0.25) is 0 Å². The first-order valence-electron chi connectivity index (χ1n) is 9.21. The van der Waals surface area contributed by atoms with E-state index in [0.29, 0.717) is 17.8 Å². The van der Waals surface area contributed by atoms with E-state index in [-0.39, 0.29) is 11.8 Å². The number of hydrogen-bond acceptors (Lipinski definition) is 4. The lowest BCUT2D eigenvalue weighted by Crippen LogP contribution is -2.47. The van der Waals surface area contributed by atoms with Crippen molar-refractivity contribution in [3.63, 3.8) is 0 Å². The normalized spacial score (nSPS) is 19.3. The highest BCUT2D eigenvalue weighted by molar-refractivity contribution is 6.35. The molecule has 0 atom stereocenters. The van der Waals surface area contributed by atoms with Crippen LogP contribution < -0.4 is 0 Å². The minimum absolute atomic E-state index is 0.132. The number of nitrogens with zero attached hydrogens (tertiary/aromatic N) is 3. The van der Waals surface area contributed by atoms with Gasteiger partial charge in [0.1, 0.15) is 5.70 Å². The summed E-state index contributed by atoms with van der Waals surface area (Å²) in [6.07, 6.45) is 0.773. The van der Waals surface area contributed by atoms with Crippen molar-refractivity contribution in [3.05, 3.63) is 41.1 Å². The van der Waals surface area contributed by atoms with Crippen LogP contribution in [0.5, 0.6) is 0 Å². The summed E-state index contributed by atoms with van der Waals surface area (Å²) in [5, 5.41) is 0. The molecule has 0 N–H and O–H groups in total. The Labute approximate surface area is 149 Å². The number of rotatable bonds is 5. The lowest BCUT2D eigenvalue weighted by molar-refractivity contribution is -0.137. The number of piperazine rings is 1. The molecule has 1 aromatic rings. The lowest BCUT2D eigenvalue weighted by Gasteiger charge is -2.36. The molecule has 0 saturated carbocycles. The quantitative estimate of drug-likeness (QED) is 0.770. The van der Waals surface area contributed by atoms with Crippen molar-refractivity contribution >= 4 is 17.4 Å². The van der Waals surface area contributed by atoms with Crippen molar-refractivity contribution in [2.75, 3.05) is 39.3 Å². The molecule has 3 rings (SSSR count). The summed E-state index contributed by atoms with van der Waals surface area (Å²) in [4.78, 5) is 31.9. The van der Waals surface area contributed by atoms with Crippen molar-refractivity contribution in [3.8, 4) is 0 Å². The Hall–Kier alpha value is -2.14. The second-order valence-electron chi connectivity index (χ2n) is 6.77. The van der Waals surface area contributed by atoms with Crippen molar-refractivity contribution < 1.29 is 9.59 Å². The maximum Gasteiger partial charge on any atom is 0.277 e. The minimum atomic E-state index is -0.149. The molecule has 0 bridgehead atoms. The van der Waals surface area contributed by atoms with Crippen molar-refractivity contribution in [2.24, 2.45) is 0 Å². The Balaban J connectivity index is 1.99. The van der Waals surface area contributed by atoms with E-state index in [2.05, 4.69) is 16.7 Å². The van der Waals surface area contributed by atoms with Gasteiger partial charge in [-0.15, -0.1) is 0 Å². The average molecular weight is 341 g/mol. The van der Waals surface area contributed by atoms with Crippen LogP contribution in [-0.4, -0.2) is 65.8 Å². The van der Waals surface area contributed by atoms with Crippen LogP contribution in [0.4, 0.5) is 0 Å². The Bertz CT molecular complexity index is 685. The van der Waals surface area contributed by atoms with Crippen molar-refractivity contribution in [1.82, 2.24) is 14.7 Å². The number of carbonyl (C=O) groups is 2. The van der Waals surface area contributed by atoms with Crippen LogP contribution in [-0.2, 0) is 9.59 Å². The Kier molecular flexibility index (Phi) is 5.23. The Morgan fingerprint density at radius 3 is 2.12 bits per heavy atom. The number of amides is 2. The molecule has 0 spiro atoms. The van der Waals surface area contributed by atoms with E-state index < -0.39 is 0 Å². The zero-order valence-corrected chi connectivity index (χ0v) is 15.4. The van der Waals surface area contributed by atoms with Crippen LogP contribution >= 0.6 is 0 Å². The predicted molar refractivity (Wildman–Crippen MR) is 98.8 cm³/mol. The highest BCUT2D eigenvalue weighted by atomic mass is 16.2. The molecule has 1 aromatic carbocycles. The molecule has 0 aromatic heterocycles. The largest absolute Gasteiger partial charge is 0.364 e. The van der Waals surface area contributed by atoms with Gasteiger partial charge >= 0.3 is 0 Å². The highest BCUT2D eigenvalue weighted by Gasteiger charge is 2.41. The molecule has 134 valence electrons. The Morgan fingerprint density at radius 1 is 0.920 bits per heavy atom. The van der Waals surface area contributed by atoms with E-state index in [1.54, 1.807) is 0 Å². The van der Waals surface area contributed by atoms with Gasteiger partial charge in [0.05, 0.1) is 5.57 Å². The molecule has 1 saturated heterocycles. The molecule has 0 unspecified atom stereocenters. The molecular formula is C20H27N3O2. The first-order valence-corrected chi connectivity index (χ1v) is 9.21. The van der Waals surface area contributed by atoms with Gasteiger partial charge in [0.25, 0.3) is 11.8 Å². The summed E-state index contributed by atoms with van der Waals surface area (Å²) < 4.78 is 0. The molecule has 25 heavy (non-hydrogen) atoms. The first-order chi connectivity index (χ1) is 12.1. The van der Waals surface area contributed by atoms with Crippen LogP contribution in [0.3, 0.4) is 0 Å². The van der Waals surface area contributed by atoms with Crippen LogP contribution in [0.15, 0.2) is 30.0 Å². The van der Waals surface area contributed by atoms with Crippen molar-refractivity contribution in [1.29, 1.82) is 0 Å². The highest BCUT2D eigenvalue weighted by Crippen LogP contribution is 2.32. The number of hydrogen-bond donors (Lipinski definition) is 0. The summed E-state index contributed by atoms with van der Waals surface area (Å²) >= 11 is 0. The molecule has 0 radical (unpaired) electrons. The standard InChI is InChI=1S/C20H27N3O2/c1-4-10-23-19(24)17(16-8-6-15(3)7-9-16)18(20(23)25)22-13-11-21(5-2)12-14-22/h6-9H,4-5,10-14H2,1-3H3. The van der Waals surface area contributed by atoms with E-state index in [1.807, 2.05) is 38.1 Å². The third kappa shape index (κ3) is 3.33. The van der Waals surface area contributed by atoms with E-state index in [9.17, 15) is 9.59 Å². The van der Waals surface area contributed by atoms with Gasteiger partial charge in [0.2, 0.25) is 0 Å². The van der Waals surface area contributed by atoms with E-state index in [0.717, 1.165) is 50.3 Å². The van der Waals surface area contributed by atoms with Gasteiger partial charge in [0, 0.05) is 32.7 Å². The molecule has 5 heteroatoms. The van der Waals surface area contributed by atoms with Gasteiger partial charge in [0.15, 0.2) is 0 Å². The first kappa shape index (κ1) is 17.7. The number of likely N-dealkylation sites (N-methyl/N-ethyl adjacent to an activating group) is 1. The van der Waals surface area contributed by atoms with Crippen LogP contribution in [0.25, 0.3) is 5.57 Å². The second kappa shape index (κ2) is 7.40. The van der Waals surface area contributed by atoms with Crippen molar-refractivity contribution in [2.45, 2.75) is 27.2 Å². The van der Waals surface area contributed by atoms with Gasteiger partial charge < -0.3 is 9.80 Å². The van der Waals surface area contributed by atoms with Gasteiger partial charge in [-0.3, -0.25) is 14.5 Å². The molecule has 2 heterocycles. The molecule has 2 aliphatic rings. The topological polar surface area (TPSA) is 43.9 Å². The van der Waals surface area contributed by atoms with E-state index >= 15 is 0 Å². The fraction of sp³-hybridized carbons (Fsp3) is 0.500. The summed E-state index contributed by atoms with van der Waals surface area (Å²) in [6, 6.07) is 7.89. The number of aryl methyl sites for hydroxylation is 1. The van der Waals surface area contributed by atoms with E-state index in [1.165, 1.54) is 4.90 Å². The molecule has 0 aliphatic carbocycles. The Morgan fingerprint density at radius 2 is 1.56 bits per heavy atom. The average Bonchev–Trinajstić information content (AvgIpc) is 2.87. The molecule has 5 nitrogen and oxygen atoms in total. The van der Waals surface area contributed by atoms with Gasteiger partial charge in [-0.25, -0.2) is 0 Å². The van der Waals surface area contributed by atoms with Gasteiger partial charge in [-0.05, 0) is 25.5 Å².